The van der Waals surface area contributed by atoms with Gasteiger partial charge in [-0.15, -0.1) is 11.8 Å². The number of allylic oxidation sites excluding steroid dienone is 6. The van der Waals surface area contributed by atoms with Gasteiger partial charge in [-0.25, -0.2) is 4.98 Å². The Morgan fingerprint density at radius 1 is 1.41 bits per heavy atom. The molecule has 4 heteroatoms. The minimum atomic E-state index is 0.288. The molecule has 2 aromatic rings. The summed E-state index contributed by atoms with van der Waals surface area (Å²) in [4.78, 5) is 18.5. The van der Waals surface area contributed by atoms with Crippen molar-refractivity contribution in [3.8, 4) is 0 Å². The summed E-state index contributed by atoms with van der Waals surface area (Å²) in [5, 5.41) is 0. The molecule has 0 fully saturated rings. The maximum absolute atomic E-state index is 12.4. The summed E-state index contributed by atoms with van der Waals surface area (Å²) in [7, 11) is 0. The number of ketones is 1. The zero-order chi connectivity index (χ0) is 19.4. The Morgan fingerprint density at radius 2 is 2.22 bits per heavy atom. The number of imidazole rings is 1. The summed E-state index contributed by atoms with van der Waals surface area (Å²) >= 11 is 1.63. The van der Waals surface area contributed by atoms with E-state index in [0.29, 0.717) is 18.1 Å². The average molecular weight is 381 g/mol. The Bertz CT molecular complexity index is 933. The van der Waals surface area contributed by atoms with Crippen LogP contribution in [0.3, 0.4) is 0 Å². The quantitative estimate of drug-likeness (QED) is 0.610. The molecule has 3 rings (SSSR count). The van der Waals surface area contributed by atoms with E-state index < -0.39 is 0 Å². The molecule has 0 N–H and O–H groups in total. The lowest BCUT2D eigenvalue weighted by Gasteiger charge is -2.12. The number of hydrogen-bond acceptors (Lipinski definition) is 3. The second-order valence-electron chi connectivity index (χ2n) is 7.30. The van der Waals surface area contributed by atoms with E-state index in [2.05, 4.69) is 54.8 Å². The number of aryl methyl sites for hydroxylation is 2. The minimum absolute atomic E-state index is 0.288. The van der Waals surface area contributed by atoms with Gasteiger partial charge in [-0.1, -0.05) is 37.3 Å². The second-order valence-corrected chi connectivity index (χ2v) is 8.52. The van der Waals surface area contributed by atoms with E-state index in [4.69, 9.17) is 4.98 Å². The molecule has 0 radical (unpaired) electrons. The number of carbonyl (C=O) groups is 1. The normalized spacial score (nSPS) is 17.4. The van der Waals surface area contributed by atoms with Crippen LogP contribution >= 0.6 is 11.8 Å². The highest BCUT2D eigenvalue weighted by Crippen LogP contribution is 2.28. The van der Waals surface area contributed by atoms with Gasteiger partial charge in [0.2, 0.25) is 0 Å². The number of thioether (sulfide) groups is 1. The van der Waals surface area contributed by atoms with Crippen molar-refractivity contribution < 1.29 is 4.79 Å². The van der Waals surface area contributed by atoms with Gasteiger partial charge < -0.3 is 4.40 Å². The Kier molecular flexibility index (Phi) is 6.38. The predicted octanol–water partition coefficient (Wildman–Crippen LogP) is 5.78. The molecule has 0 amide bonds. The zero-order valence-corrected chi connectivity index (χ0v) is 17.5. The molecule has 0 saturated carbocycles. The molecule has 142 valence electrons. The monoisotopic (exact) mass is 380 g/mol. The van der Waals surface area contributed by atoms with Crippen molar-refractivity contribution in [2.75, 3.05) is 5.75 Å². The minimum Gasteiger partial charge on any atom is -0.303 e. The van der Waals surface area contributed by atoms with Crippen molar-refractivity contribution in [1.29, 1.82) is 0 Å². The van der Waals surface area contributed by atoms with Crippen LogP contribution in [-0.4, -0.2) is 20.9 Å². The molecule has 3 nitrogen and oxygen atoms in total. The number of nitrogens with zero attached hydrogens (tertiary/aromatic N) is 2. The Balaban J connectivity index is 1.86. The first kappa shape index (κ1) is 19.7. The molecule has 2 heterocycles. The largest absolute Gasteiger partial charge is 0.303 e. The predicted molar refractivity (Wildman–Crippen MR) is 116 cm³/mol. The molecule has 1 atom stereocenters. The number of rotatable bonds is 7. The van der Waals surface area contributed by atoms with Crippen molar-refractivity contribution in [2.45, 2.75) is 47.0 Å². The molecule has 0 bridgehead atoms. The van der Waals surface area contributed by atoms with E-state index in [1.54, 1.807) is 11.8 Å². The fourth-order valence-electron chi connectivity index (χ4n) is 3.18. The van der Waals surface area contributed by atoms with E-state index in [0.717, 1.165) is 29.9 Å². The Labute approximate surface area is 166 Å². The van der Waals surface area contributed by atoms with E-state index in [9.17, 15) is 4.79 Å². The summed E-state index contributed by atoms with van der Waals surface area (Å²) in [6, 6.07) is 4.15. The van der Waals surface area contributed by atoms with Crippen LogP contribution in [0.1, 0.15) is 50.6 Å². The summed E-state index contributed by atoms with van der Waals surface area (Å²) in [6.07, 6.45) is 13.2. The van der Waals surface area contributed by atoms with Crippen molar-refractivity contribution >= 4 is 28.8 Å². The number of aromatic nitrogens is 2. The van der Waals surface area contributed by atoms with Crippen LogP contribution in [0.2, 0.25) is 0 Å². The number of Topliss-reactive ketones (excluding diaryl/α,β-unsaturated/α-hetero) is 1. The van der Waals surface area contributed by atoms with Crippen LogP contribution in [0.25, 0.3) is 11.2 Å². The highest BCUT2D eigenvalue weighted by molar-refractivity contribution is 8.03. The Hall–Kier alpha value is -2.07. The first-order valence-corrected chi connectivity index (χ1v) is 10.6. The molecule has 1 unspecified atom stereocenters. The molecule has 0 aliphatic heterocycles. The molecule has 0 aromatic carbocycles. The van der Waals surface area contributed by atoms with Gasteiger partial charge in [0.25, 0.3) is 0 Å². The van der Waals surface area contributed by atoms with Crippen LogP contribution in [-0.2, 0) is 11.2 Å². The first-order valence-electron chi connectivity index (χ1n) is 9.61. The van der Waals surface area contributed by atoms with Gasteiger partial charge in [-0.2, -0.15) is 0 Å². The van der Waals surface area contributed by atoms with E-state index in [1.165, 1.54) is 16.0 Å². The van der Waals surface area contributed by atoms with Gasteiger partial charge in [-0.3, -0.25) is 4.79 Å². The lowest BCUT2D eigenvalue weighted by molar-refractivity contribution is -0.116. The van der Waals surface area contributed by atoms with Crippen LogP contribution in [0, 0.1) is 12.8 Å². The van der Waals surface area contributed by atoms with Gasteiger partial charge in [0, 0.05) is 12.6 Å². The van der Waals surface area contributed by atoms with Crippen molar-refractivity contribution in [3.63, 3.8) is 0 Å². The van der Waals surface area contributed by atoms with E-state index >= 15 is 0 Å². The fraction of sp³-hybridized carbons (Fsp3) is 0.391. The molecular weight excluding hydrogens is 352 g/mol. The number of fused-ring (bicyclic) bond motifs is 1. The van der Waals surface area contributed by atoms with Gasteiger partial charge in [0.15, 0.2) is 0 Å². The molecular formula is C23H28N2OS. The number of hydrogen-bond donors (Lipinski definition) is 0. The topological polar surface area (TPSA) is 34.4 Å². The summed E-state index contributed by atoms with van der Waals surface area (Å²) < 4.78 is 2.16. The number of carbonyl (C=O) groups excluding carboxylic acids is 1. The van der Waals surface area contributed by atoms with Crippen molar-refractivity contribution in [1.82, 2.24) is 9.38 Å². The van der Waals surface area contributed by atoms with Crippen molar-refractivity contribution in [2.24, 2.45) is 5.92 Å². The van der Waals surface area contributed by atoms with Gasteiger partial charge in [-0.05, 0) is 61.6 Å². The third-order valence-corrected chi connectivity index (χ3v) is 6.12. The third kappa shape index (κ3) is 4.81. The highest BCUT2D eigenvalue weighted by Gasteiger charge is 2.17. The summed E-state index contributed by atoms with van der Waals surface area (Å²) in [5.74, 6) is 1.41. The maximum atomic E-state index is 12.4. The van der Waals surface area contributed by atoms with Crippen molar-refractivity contribution in [3.05, 3.63) is 64.5 Å². The second kappa shape index (κ2) is 8.75. The van der Waals surface area contributed by atoms with Gasteiger partial charge in [0.05, 0.1) is 17.1 Å². The standard InChI is InChI=1S/C23H28N2OS/c1-5-18(4)27-15-20(26)11-12-21-23(19-9-6-16(2)7-10-19)24-22-13-8-17(3)14-25(21)22/h5-6,8-10,13-14,16H,7,11-12,15H2,1-4H3/b18-5-. The zero-order valence-electron chi connectivity index (χ0n) is 16.7. The molecule has 27 heavy (non-hydrogen) atoms. The van der Waals surface area contributed by atoms with Gasteiger partial charge in [0.1, 0.15) is 11.4 Å². The van der Waals surface area contributed by atoms with Gasteiger partial charge >= 0.3 is 0 Å². The fourth-order valence-corrected chi connectivity index (χ4v) is 3.88. The molecule has 2 aromatic heterocycles. The molecule has 0 spiro atoms. The summed E-state index contributed by atoms with van der Waals surface area (Å²) in [6.45, 7) is 8.37. The highest BCUT2D eigenvalue weighted by atomic mass is 32.2. The smallest absolute Gasteiger partial charge is 0.143 e. The van der Waals surface area contributed by atoms with E-state index in [1.807, 2.05) is 19.9 Å². The van der Waals surface area contributed by atoms with Crippen LogP contribution in [0.4, 0.5) is 0 Å². The lowest BCUT2D eigenvalue weighted by Crippen LogP contribution is -2.06. The Morgan fingerprint density at radius 3 is 2.93 bits per heavy atom. The lowest BCUT2D eigenvalue weighted by atomic mass is 9.95. The SMILES string of the molecule is C/C=C(/C)SCC(=O)CCc1c(C2=CCC(C)C=C2)nc2ccc(C)cn12. The first-order chi connectivity index (χ1) is 13.0. The number of pyridine rings is 1. The summed E-state index contributed by atoms with van der Waals surface area (Å²) in [5.41, 5.74) is 5.48. The average Bonchev–Trinajstić information content (AvgIpc) is 3.02. The molecule has 1 aliphatic carbocycles. The third-order valence-electron chi connectivity index (χ3n) is 4.96. The maximum Gasteiger partial charge on any atom is 0.143 e. The van der Waals surface area contributed by atoms with Crippen LogP contribution in [0.15, 0.2) is 47.5 Å². The van der Waals surface area contributed by atoms with Crippen LogP contribution < -0.4 is 0 Å². The van der Waals surface area contributed by atoms with E-state index in [-0.39, 0.29) is 5.78 Å². The molecule has 1 aliphatic rings. The molecule has 0 saturated heterocycles. The van der Waals surface area contributed by atoms with Crippen LogP contribution in [0.5, 0.6) is 0 Å².